The third-order valence-corrected chi connectivity index (χ3v) is 13.0. The lowest BCUT2D eigenvalue weighted by atomic mass is 9.33. The van der Waals surface area contributed by atoms with Crippen LogP contribution >= 0.6 is 0 Å². The smallest absolute Gasteiger partial charge is 0.302 e. The first-order valence-corrected chi connectivity index (χ1v) is 14.4. The third-order valence-electron chi connectivity index (χ3n) is 13.0. The quantitative estimate of drug-likeness (QED) is 0.357. The van der Waals surface area contributed by atoms with Crippen LogP contribution in [0.1, 0.15) is 120 Å². The first kappa shape index (κ1) is 25.5. The minimum atomic E-state index is -0.179. The van der Waals surface area contributed by atoms with Gasteiger partial charge in [0.1, 0.15) is 6.10 Å². The molecule has 0 saturated heterocycles. The van der Waals surface area contributed by atoms with Crippen molar-refractivity contribution in [3.05, 3.63) is 11.6 Å². The summed E-state index contributed by atoms with van der Waals surface area (Å²) in [6.45, 7) is 20.9. The number of carbonyl (C=O) groups is 2. The van der Waals surface area contributed by atoms with Gasteiger partial charge in [0.05, 0.1) is 0 Å². The molecule has 0 spiro atoms. The summed E-state index contributed by atoms with van der Waals surface area (Å²) in [5, 5.41) is 0. The zero-order chi connectivity index (χ0) is 25.8. The van der Waals surface area contributed by atoms with Gasteiger partial charge < -0.3 is 4.74 Å². The summed E-state index contributed by atoms with van der Waals surface area (Å²) in [7, 11) is 0. The Morgan fingerprint density at radius 2 is 1.54 bits per heavy atom. The zero-order valence-electron chi connectivity index (χ0n) is 24.0. The molecule has 196 valence electrons. The molecular formula is C32H50O3. The second kappa shape index (κ2) is 7.47. The van der Waals surface area contributed by atoms with E-state index in [9.17, 15) is 9.59 Å². The van der Waals surface area contributed by atoms with Gasteiger partial charge >= 0.3 is 5.97 Å². The van der Waals surface area contributed by atoms with Crippen molar-refractivity contribution >= 4 is 11.8 Å². The number of carbonyl (C=O) groups excluding carboxylic acids is 2. The van der Waals surface area contributed by atoms with Crippen LogP contribution in [-0.4, -0.2) is 17.9 Å². The van der Waals surface area contributed by atoms with Gasteiger partial charge in [0.15, 0.2) is 5.78 Å². The molecule has 8 atom stereocenters. The Balaban J connectivity index is 1.58. The van der Waals surface area contributed by atoms with Crippen LogP contribution in [0.3, 0.4) is 0 Å². The van der Waals surface area contributed by atoms with Crippen LogP contribution in [0.4, 0.5) is 0 Å². The number of ketones is 1. The zero-order valence-corrected chi connectivity index (χ0v) is 24.0. The van der Waals surface area contributed by atoms with Crippen LogP contribution < -0.4 is 0 Å². The normalized spacial score (nSPS) is 50.1. The maximum atomic E-state index is 14.3. The highest BCUT2D eigenvalue weighted by Crippen LogP contribution is 2.75. The van der Waals surface area contributed by atoms with Gasteiger partial charge in [-0.05, 0) is 103 Å². The van der Waals surface area contributed by atoms with Crippen molar-refractivity contribution in [3.63, 3.8) is 0 Å². The van der Waals surface area contributed by atoms with E-state index < -0.39 is 0 Å². The van der Waals surface area contributed by atoms with E-state index in [1.807, 2.05) is 0 Å². The Labute approximate surface area is 214 Å². The SMILES string of the molecule is CC(=O)O[C@H]1CC[C@@]2(C)[C@@H](CC[C@]3(C)[C@H]2C(=O)C=C2[C@@H]4CC(C)(C)CC[C@]4(C)CC[C@@]23C)C1(C)C. The van der Waals surface area contributed by atoms with Gasteiger partial charge in [0.25, 0.3) is 0 Å². The predicted molar refractivity (Wildman–Crippen MR) is 141 cm³/mol. The van der Waals surface area contributed by atoms with Crippen molar-refractivity contribution in [2.45, 2.75) is 126 Å². The molecule has 0 aliphatic heterocycles. The van der Waals surface area contributed by atoms with Crippen molar-refractivity contribution in [3.8, 4) is 0 Å². The monoisotopic (exact) mass is 482 g/mol. The van der Waals surface area contributed by atoms with Gasteiger partial charge in [-0.15, -0.1) is 0 Å². The Morgan fingerprint density at radius 1 is 0.886 bits per heavy atom. The van der Waals surface area contributed by atoms with Crippen molar-refractivity contribution in [1.29, 1.82) is 0 Å². The second-order valence-electron chi connectivity index (χ2n) is 15.8. The highest BCUT2D eigenvalue weighted by molar-refractivity contribution is 5.95. The van der Waals surface area contributed by atoms with Crippen molar-refractivity contribution in [1.82, 2.24) is 0 Å². The minimum absolute atomic E-state index is 0.00726. The Bertz CT molecular complexity index is 973. The number of ether oxygens (including phenoxy) is 1. The summed E-state index contributed by atoms with van der Waals surface area (Å²) >= 11 is 0. The second-order valence-corrected chi connectivity index (χ2v) is 15.8. The summed E-state index contributed by atoms with van der Waals surface area (Å²) < 4.78 is 5.85. The summed E-state index contributed by atoms with van der Waals surface area (Å²) in [5.74, 6) is 1.20. The van der Waals surface area contributed by atoms with Gasteiger partial charge in [0.2, 0.25) is 0 Å². The van der Waals surface area contributed by atoms with Crippen molar-refractivity contribution < 1.29 is 14.3 Å². The van der Waals surface area contributed by atoms with E-state index in [1.165, 1.54) is 44.6 Å². The fourth-order valence-electron chi connectivity index (χ4n) is 10.7. The Morgan fingerprint density at radius 3 is 2.20 bits per heavy atom. The topological polar surface area (TPSA) is 43.4 Å². The summed E-state index contributed by atoms with van der Waals surface area (Å²) in [6, 6.07) is 0. The van der Waals surface area contributed by atoms with Crippen molar-refractivity contribution in [2.24, 2.45) is 50.2 Å². The molecule has 5 aliphatic rings. The fourth-order valence-corrected chi connectivity index (χ4v) is 10.7. The highest BCUT2D eigenvalue weighted by Gasteiger charge is 2.70. The van der Waals surface area contributed by atoms with E-state index in [1.54, 1.807) is 0 Å². The van der Waals surface area contributed by atoms with Gasteiger partial charge in [-0.3, -0.25) is 9.59 Å². The van der Waals surface area contributed by atoms with Crippen LogP contribution in [0.25, 0.3) is 0 Å². The molecule has 0 bridgehead atoms. The average Bonchev–Trinajstić information content (AvgIpc) is 2.72. The number of hydrogen-bond donors (Lipinski definition) is 0. The molecule has 0 heterocycles. The van der Waals surface area contributed by atoms with E-state index in [2.05, 4.69) is 61.5 Å². The standard InChI is InChI=1S/C32H50O3/c1-20(33)35-25-11-12-30(7)24(28(25,4)5)10-13-32(9)26(30)23(34)18-21-22-19-27(2,3)14-15-29(22,6)16-17-31(21,32)8/h18,22,24-26H,10-17,19H2,1-9H3/t22-,24-,25-,26-,29+,30-,31-,32+/m0/s1. The van der Waals surface area contributed by atoms with E-state index in [0.717, 1.165) is 25.7 Å². The molecule has 4 fully saturated rings. The molecule has 0 radical (unpaired) electrons. The van der Waals surface area contributed by atoms with E-state index >= 15 is 0 Å². The Hall–Kier alpha value is -1.12. The van der Waals surface area contributed by atoms with E-state index in [-0.39, 0.29) is 39.7 Å². The molecule has 0 aromatic carbocycles. The maximum Gasteiger partial charge on any atom is 0.302 e. The minimum Gasteiger partial charge on any atom is -0.462 e. The first-order valence-electron chi connectivity index (χ1n) is 14.4. The molecule has 35 heavy (non-hydrogen) atoms. The average molecular weight is 483 g/mol. The first-order chi connectivity index (χ1) is 16.0. The molecule has 5 aliphatic carbocycles. The lowest BCUT2D eigenvalue weighted by Crippen LogP contribution is -2.66. The fraction of sp³-hybridized carbons (Fsp3) is 0.875. The molecule has 0 aromatic heterocycles. The van der Waals surface area contributed by atoms with Gasteiger partial charge in [-0.25, -0.2) is 0 Å². The number of hydrogen-bond acceptors (Lipinski definition) is 3. The van der Waals surface area contributed by atoms with Gasteiger partial charge in [-0.2, -0.15) is 0 Å². The predicted octanol–water partition coefficient (Wildman–Crippen LogP) is 7.92. The van der Waals surface area contributed by atoms with Gasteiger partial charge in [0, 0.05) is 18.3 Å². The molecule has 0 amide bonds. The lowest BCUT2D eigenvalue weighted by Gasteiger charge is -2.70. The lowest BCUT2D eigenvalue weighted by molar-refractivity contribution is -0.210. The molecule has 0 unspecified atom stereocenters. The van der Waals surface area contributed by atoms with Crippen LogP contribution in [0.5, 0.6) is 0 Å². The molecule has 5 rings (SSSR count). The van der Waals surface area contributed by atoms with Crippen LogP contribution in [0.15, 0.2) is 11.6 Å². The molecular weight excluding hydrogens is 432 g/mol. The molecule has 3 nitrogen and oxygen atoms in total. The molecule has 0 N–H and O–H groups in total. The summed E-state index contributed by atoms with van der Waals surface area (Å²) in [5.41, 5.74) is 2.12. The molecule has 3 heteroatoms. The molecule has 4 saturated carbocycles. The number of allylic oxidation sites excluding steroid dienone is 2. The van der Waals surface area contributed by atoms with E-state index in [4.69, 9.17) is 4.74 Å². The maximum absolute atomic E-state index is 14.3. The summed E-state index contributed by atoms with van der Waals surface area (Å²) in [4.78, 5) is 26.2. The highest BCUT2D eigenvalue weighted by atomic mass is 16.5. The largest absolute Gasteiger partial charge is 0.462 e. The third kappa shape index (κ3) is 3.34. The summed E-state index contributed by atoms with van der Waals surface area (Å²) in [6.07, 6.45) is 12.5. The Kier molecular flexibility index (Phi) is 5.45. The number of rotatable bonds is 1. The molecule has 0 aromatic rings. The number of esters is 1. The van der Waals surface area contributed by atoms with Crippen LogP contribution in [-0.2, 0) is 14.3 Å². The van der Waals surface area contributed by atoms with Crippen LogP contribution in [0, 0.1) is 50.2 Å². The number of fused-ring (bicyclic) bond motifs is 7. The van der Waals surface area contributed by atoms with E-state index in [0.29, 0.717) is 28.4 Å². The van der Waals surface area contributed by atoms with Crippen LogP contribution in [0.2, 0.25) is 0 Å². The van der Waals surface area contributed by atoms with Crippen molar-refractivity contribution in [2.75, 3.05) is 0 Å². The van der Waals surface area contributed by atoms with Gasteiger partial charge in [-0.1, -0.05) is 61.0 Å².